The highest BCUT2D eigenvalue weighted by Crippen LogP contribution is 2.36. The summed E-state index contributed by atoms with van der Waals surface area (Å²) in [7, 11) is -3.62. The molecule has 2 aliphatic rings. The molecule has 2 aliphatic heterocycles. The molecule has 1 saturated heterocycles. The first-order valence-corrected chi connectivity index (χ1v) is 13.0. The Bertz CT molecular complexity index is 1160. The smallest absolute Gasteiger partial charge is 0.267 e. The van der Waals surface area contributed by atoms with Crippen molar-refractivity contribution in [1.82, 2.24) is 4.90 Å². The standard InChI is InChI=1S/C24H29N3O5S/c1-17-11-12-21-20(15-17)27(33(2,30)31)16-22(32-21)23(28)25-19-10-6-5-9-18(19)24(29)26-13-7-3-4-8-14-26/h5-6,9-12,15,22H,3-4,7-8,13-14,16H2,1-2H3,(H,25,28). The first-order valence-electron chi connectivity index (χ1n) is 11.2. The lowest BCUT2D eigenvalue weighted by atomic mass is 10.1. The third-order valence-electron chi connectivity index (χ3n) is 5.99. The average Bonchev–Trinajstić information content (AvgIpc) is 3.07. The van der Waals surface area contributed by atoms with E-state index in [1.54, 1.807) is 42.5 Å². The molecular weight excluding hydrogens is 442 g/mol. The minimum absolute atomic E-state index is 0.115. The molecule has 1 unspecified atom stereocenters. The summed E-state index contributed by atoms with van der Waals surface area (Å²) in [6.45, 7) is 3.11. The number of nitrogens with zero attached hydrogens (tertiary/aromatic N) is 2. The zero-order chi connectivity index (χ0) is 23.6. The molecule has 2 aromatic rings. The topological polar surface area (TPSA) is 96.0 Å². The molecule has 33 heavy (non-hydrogen) atoms. The second-order valence-corrected chi connectivity index (χ2v) is 10.5. The number of ether oxygens (including phenoxy) is 1. The molecule has 1 atom stereocenters. The maximum absolute atomic E-state index is 13.2. The van der Waals surface area contributed by atoms with E-state index in [1.807, 2.05) is 11.8 Å². The van der Waals surface area contributed by atoms with Crippen LogP contribution in [0.25, 0.3) is 0 Å². The molecule has 0 aromatic heterocycles. The maximum atomic E-state index is 13.2. The number of benzene rings is 2. The van der Waals surface area contributed by atoms with Crippen molar-refractivity contribution in [2.24, 2.45) is 0 Å². The van der Waals surface area contributed by atoms with Crippen LogP contribution in [0.3, 0.4) is 0 Å². The molecular formula is C24H29N3O5S. The minimum Gasteiger partial charge on any atom is -0.476 e. The first kappa shape index (κ1) is 23.1. The van der Waals surface area contributed by atoms with Gasteiger partial charge in [-0.05, 0) is 49.6 Å². The largest absolute Gasteiger partial charge is 0.476 e. The van der Waals surface area contributed by atoms with Gasteiger partial charge in [0.15, 0.2) is 6.10 Å². The summed E-state index contributed by atoms with van der Waals surface area (Å²) in [5.41, 5.74) is 2.11. The Morgan fingerprint density at radius 3 is 2.42 bits per heavy atom. The number of hydrogen-bond acceptors (Lipinski definition) is 5. The van der Waals surface area contributed by atoms with Gasteiger partial charge in [0.25, 0.3) is 11.8 Å². The van der Waals surface area contributed by atoms with E-state index in [1.165, 1.54) is 4.31 Å². The molecule has 0 bridgehead atoms. The van der Waals surface area contributed by atoms with Crippen molar-refractivity contribution in [2.45, 2.75) is 38.7 Å². The molecule has 2 aromatic carbocycles. The van der Waals surface area contributed by atoms with E-state index in [0.717, 1.165) is 37.5 Å². The number of sulfonamides is 1. The van der Waals surface area contributed by atoms with Crippen molar-refractivity contribution in [3.8, 4) is 5.75 Å². The zero-order valence-corrected chi connectivity index (χ0v) is 19.7. The third kappa shape index (κ3) is 5.13. The van der Waals surface area contributed by atoms with E-state index < -0.39 is 22.0 Å². The van der Waals surface area contributed by atoms with Gasteiger partial charge in [-0.15, -0.1) is 0 Å². The van der Waals surface area contributed by atoms with Gasteiger partial charge in [0.1, 0.15) is 5.75 Å². The van der Waals surface area contributed by atoms with Crippen LogP contribution in [-0.4, -0.2) is 57.1 Å². The van der Waals surface area contributed by atoms with E-state index in [4.69, 9.17) is 4.74 Å². The van der Waals surface area contributed by atoms with Crippen molar-refractivity contribution in [1.29, 1.82) is 0 Å². The normalized spacial score (nSPS) is 18.7. The average molecular weight is 472 g/mol. The van der Waals surface area contributed by atoms with Gasteiger partial charge in [-0.2, -0.15) is 0 Å². The number of anilines is 2. The van der Waals surface area contributed by atoms with Crippen LogP contribution in [-0.2, 0) is 14.8 Å². The fourth-order valence-electron chi connectivity index (χ4n) is 4.25. The Morgan fingerprint density at radius 1 is 1.03 bits per heavy atom. The number of amides is 2. The van der Waals surface area contributed by atoms with Gasteiger partial charge in [0, 0.05) is 13.1 Å². The highest BCUT2D eigenvalue weighted by atomic mass is 32.2. The summed E-state index contributed by atoms with van der Waals surface area (Å²) in [6, 6.07) is 12.1. The molecule has 0 spiro atoms. The van der Waals surface area contributed by atoms with Gasteiger partial charge in [0.2, 0.25) is 10.0 Å². The van der Waals surface area contributed by atoms with Crippen LogP contribution in [0.2, 0.25) is 0 Å². The summed E-state index contributed by atoms with van der Waals surface area (Å²) in [6.07, 6.45) is 4.20. The predicted molar refractivity (Wildman–Crippen MR) is 127 cm³/mol. The lowest BCUT2D eigenvalue weighted by Gasteiger charge is -2.34. The van der Waals surface area contributed by atoms with Crippen molar-refractivity contribution in [2.75, 3.05) is 35.5 Å². The Labute approximate surface area is 194 Å². The highest BCUT2D eigenvalue weighted by molar-refractivity contribution is 7.92. The lowest BCUT2D eigenvalue weighted by molar-refractivity contribution is -0.122. The second-order valence-electron chi connectivity index (χ2n) is 8.61. The summed E-state index contributed by atoms with van der Waals surface area (Å²) in [5, 5.41) is 2.80. The van der Waals surface area contributed by atoms with Crippen LogP contribution in [0, 0.1) is 6.92 Å². The Balaban J connectivity index is 1.57. The fourth-order valence-corrected chi connectivity index (χ4v) is 5.15. The highest BCUT2D eigenvalue weighted by Gasteiger charge is 2.35. The molecule has 2 amide bonds. The molecule has 0 aliphatic carbocycles. The molecule has 0 radical (unpaired) electrons. The van der Waals surface area contributed by atoms with Crippen LogP contribution in [0.15, 0.2) is 42.5 Å². The van der Waals surface area contributed by atoms with E-state index in [0.29, 0.717) is 35.8 Å². The van der Waals surface area contributed by atoms with Crippen LogP contribution in [0.1, 0.15) is 41.6 Å². The van der Waals surface area contributed by atoms with Gasteiger partial charge < -0.3 is 15.0 Å². The number of fused-ring (bicyclic) bond motifs is 1. The van der Waals surface area contributed by atoms with Gasteiger partial charge in [-0.1, -0.05) is 31.0 Å². The number of aryl methyl sites for hydroxylation is 1. The molecule has 176 valence electrons. The minimum atomic E-state index is -3.62. The second kappa shape index (κ2) is 9.43. The van der Waals surface area contributed by atoms with Crippen LogP contribution in [0.4, 0.5) is 11.4 Å². The molecule has 8 nitrogen and oxygen atoms in total. The summed E-state index contributed by atoms with van der Waals surface area (Å²) in [5.74, 6) is -0.298. The van der Waals surface area contributed by atoms with Crippen molar-refractivity contribution in [3.63, 3.8) is 0 Å². The van der Waals surface area contributed by atoms with Crippen molar-refractivity contribution >= 4 is 33.2 Å². The quantitative estimate of drug-likeness (QED) is 0.739. The van der Waals surface area contributed by atoms with E-state index in [2.05, 4.69) is 5.32 Å². The molecule has 1 N–H and O–H groups in total. The number of carbonyl (C=O) groups is 2. The third-order valence-corrected chi connectivity index (χ3v) is 7.13. The molecule has 9 heteroatoms. The Hall–Kier alpha value is -3.07. The van der Waals surface area contributed by atoms with Crippen molar-refractivity contribution < 1.29 is 22.7 Å². The summed E-state index contributed by atoms with van der Waals surface area (Å²) >= 11 is 0. The van der Waals surface area contributed by atoms with Crippen molar-refractivity contribution in [3.05, 3.63) is 53.6 Å². The molecule has 4 rings (SSSR count). The number of rotatable bonds is 4. The maximum Gasteiger partial charge on any atom is 0.267 e. The summed E-state index contributed by atoms with van der Waals surface area (Å²) in [4.78, 5) is 28.1. The monoisotopic (exact) mass is 471 g/mol. The number of likely N-dealkylation sites (tertiary alicyclic amines) is 1. The summed E-state index contributed by atoms with van der Waals surface area (Å²) < 4.78 is 31.9. The Kier molecular flexibility index (Phi) is 6.60. The van der Waals surface area contributed by atoms with E-state index >= 15 is 0 Å². The van der Waals surface area contributed by atoms with E-state index in [-0.39, 0.29) is 12.5 Å². The first-order chi connectivity index (χ1) is 15.7. The number of hydrogen-bond donors (Lipinski definition) is 1. The number of carbonyl (C=O) groups excluding carboxylic acids is 2. The van der Waals surface area contributed by atoms with Gasteiger partial charge >= 0.3 is 0 Å². The molecule has 2 heterocycles. The fraction of sp³-hybridized carbons (Fsp3) is 0.417. The zero-order valence-electron chi connectivity index (χ0n) is 18.9. The van der Waals surface area contributed by atoms with Crippen LogP contribution >= 0.6 is 0 Å². The van der Waals surface area contributed by atoms with Crippen LogP contribution < -0.4 is 14.4 Å². The van der Waals surface area contributed by atoms with E-state index in [9.17, 15) is 18.0 Å². The van der Waals surface area contributed by atoms with Crippen LogP contribution in [0.5, 0.6) is 5.75 Å². The van der Waals surface area contributed by atoms with Gasteiger partial charge in [-0.3, -0.25) is 13.9 Å². The number of para-hydroxylation sites is 1. The molecule has 1 fully saturated rings. The SMILES string of the molecule is Cc1ccc2c(c1)N(S(C)(=O)=O)CC(C(=O)Nc1ccccc1C(=O)N1CCCCCC1)O2. The molecule has 0 saturated carbocycles. The predicted octanol–water partition coefficient (Wildman–Crippen LogP) is 3.18. The van der Waals surface area contributed by atoms with Gasteiger partial charge in [0.05, 0.1) is 29.7 Å². The Morgan fingerprint density at radius 2 is 1.73 bits per heavy atom. The number of nitrogens with one attached hydrogen (secondary N) is 1. The van der Waals surface area contributed by atoms with Gasteiger partial charge in [-0.25, -0.2) is 8.42 Å². The lowest BCUT2D eigenvalue weighted by Crippen LogP contribution is -2.48.